The Bertz CT molecular complexity index is 447. The third-order valence-electron chi connectivity index (χ3n) is 3.03. The van der Waals surface area contributed by atoms with E-state index in [0.29, 0.717) is 12.1 Å². The smallest absolute Gasteiger partial charge is 0.241 e. The van der Waals surface area contributed by atoms with E-state index in [1.165, 1.54) is 0 Å². The van der Waals surface area contributed by atoms with Crippen LogP contribution in [0.25, 0.3) is 0 Å². The van der Waals surface area contributed by atoms with Crippen molar-refractivity contribution in [2.75, 3.05) is 31.6 Å². The van der Waals surface area contributed by atoms with Crippen LogP contribution in [0.4, 0.5) is 5.69 Å². The molecule has 88 valence electrons. The first kappa shape index (κ1) is 11.5. The molecule has 4 nitrogen and oxygen atoms in total. The Labute approximate surface area is 101 Å². The molecule has 1 aliphatic rings. The number of benzene rings is 1. The zero-order valence-corrected chi connectivity index (χ0v) is 9.89. The number of hydrogen-bond acceptors (Lipinski definition) is 3. The van der Waals surface area contributed by atoms with Gasteiger partial charge in [0.25, 0.3) is 0 Å². The zero-order valence-electron chi connectivity index (χ0n) is 9.89. The van der Waals surface area contributed by atoms with Crippen LogP contribution < -0.4 is 4.90 Å². The summed E-state index contributed by atoms with van der Waals surface area (Å²) in [6, 6.07) is 9.46. The van der Waals surface area contributed by atoms with Crippen LogP contribution in [0.15, 0.2) is 24.3 Å². The number of carbonyl (C=O) groups excluding carboxylic acids is 1. The summed E-state index contributed by atoms with van der Waals surface area (Å²) >= 11 is 0. The Morgan fingerprint density at radius 1 is 1.24 bits per heavy atom. The molecule has 2 rings (SSSR count). The monoisotopic (exact) mass is 229 g/mol. The van der Waals surface area contributed by atoms with E-state index in [1.54, 1.807) is 17.0 Å². The third kappa shape index (κ3) is 2.56. The summed E-state index contributed by atoms with van der Waals surface area (Å²) in [5.41, 5.74) is 1.65. The average Bonchev–Trinajstić information content (AvgIpc) is 2.52. The molecule has 0 atom stereocenters. The SMILES string of the molecule is CN1CCCN(c2ccc(C#N)cc2)CC1=O. The molecule has 1 aromatic rings. The predicted octanol–water partition coefficient (Wildman–Crippen LogP) is 1.23. The van der Waals surface area contributed by atoms with Crippen LogP contribution in [0, 0.1) is 11.3 Å². The van der Waals surface area contributed by atoms with Crippen molar-refractivity contribution in [3.63, 3.8) is 0 Å². The summed E-state index contributed by atoms with van der Waals surface area (Å²) in [5.74, 6) is 0.145. The molecular formula is C13H15N3O. The van der Waals surface area contributed by atoms with Gasteiger partial charge in [0.05, 0.1) is 18.2 Å². The quantitative estimate of drug-likeness (QED) is 0.727. The molecular weight excluding hydrogens is 214 g/mol. The maximum absolute atomic E-state index is 11.8. The highest BCUT2D eigenvalue weighted by molar-refractivity contribution is 5.81. The second kappa shape index (κ2) is 4.88. The van der Waals surface area contributed by atoms with Crippen LogP contribution in [-0.4, -0.2) is 37.5 Å². The lowest BCUT2D eigenvalue weighted by atomic mass is 10.2. The summed E-state index contributed by atoms with van der Waals surface area (Å²) < 4.78 is 0. The fourth-order valence-electron chi connectivity index (χ4n) is 1.95. The van der Waals surface area contributed by atoms with Crippen molar-refractivity contribution in [3.05, 3.63) is 29.8 Å². The number of carbonyl (C=O) groups is 1. The second-order valence-electron chi connectivity index (χ2n) is 4.25. The van der Waals surface area contributed by atoms with Crippen LogP contribution in [0.1, 0.15) is 12.0 Å². The lowest BCUT2D eigenvalue weighted by Crippen LogP contribution is -2.34. The van der Waals surface area contributed by atoms with Gasteiger partial charge in [-0.3, -0.25) is 4.79 Å². The molecule has 4 heteroatoms. The van der Waals surface area contributed by atoms with Gasteiger partial charge in [0.1, 0.15) is 0 Å². The van der Waals surface area contributed by atoms with Gasteiger partial charge in [0.2, 0.25) is 5.91 Å². The minimum Gasteiger partial charge on any atom is -0.362 e. The summed E-state index contributed by atoms with van der Waals surface area (Å²) in [7, 11) is 1.84. The van der Waals surface area contributed by atoms with Crippen molar-refractivity contribution >= 4 is 11.6 Å². The Hall–Kier alpha value is -2.02. The molecule has 0 N–H and O–H groups in total. The van der Waals surface area contributed by atoms with E-state index in [-0.39, 0.29) is 5.91 Å². The number of likely N-dealkylation sites (N-methyl/N-ethyl adjacent to an activating group) is 1. The molecule has 0 spiro atoms. The highest BCUT2D eigenvalue weighted by atomic mass is 16.2. The van der Waals surface area contributed by atoms with E-state index < -0.39 is 0 Å². The molecule has 1 amide bonds. The van der Waals surface area contributed by atoms with Gasteiger partial charge in [-0.15, -0.1) is 0 Å². The Morgan fingerprint density at radius 2 is 1.94 bits per heavy atom. The van der Waals surface area contributed by atoms with Crippen molar-refractivity contribution in [3.8, 4) is 6.07 Å². The van der Waals surface area contributed by atoms with E-state index in [2.05, 4.69) is 11.0 Å². The van der Waals surface area contributed by atoms with Crippen molar-refractivity contribution in [2.45, 2.75) is 6.42 Å². The first-order chi connectivity index (χ1) is 8.20. The number of nitriles is 1. The Balaban J connectivity index is 2.15. The summed E-state index contributed by atoms with van der Waals surface area (Å²) in [5, 5.41) is 8.74. The normalized spacial score (nSPS) is 16.6. The van der Waals surface area contributed by atoms with Gasteiger partial charge < -0.3 is 9.80 Å². The number of nitrogens with zero attached hydrogens (tertiary/aromatic N) is 3. The van der Waals surface area contributed by atoms with Crippen molar-refractivity contribution < 1.29 is 4.79 Å². The molecule has 0 bridgehead atoms. The van der Waals surface area contributed by atoms with Crippen LogP contribution in [0.5, 0.6) is 0 Å². The van der Waals surface area contributed by atoms with Gasteiger partial charge >= 0.3 is 0 Å². The van der Waals surface area contributed by atoms with Crippen LogP contribution in [0.2, 0.25) is 0 Å². The van der Waals surface area contributed by atoms with Crippen LogP contribution in [-0.2, 0) is 4.79 Å². The molecule has 1 saturated heterocycles. The van der Waals surface area contributed by atoms with Crippen molar-refractivity contribution in [1.29, 1.82) is 5.26 Å². The van der Waals surface area contributed by atoms with Gasteiger partial charge in [-0.2, -0.15) is 5.26 Å². The summed E-state index contributed by atoms with van der Waals surface area (Å²) in [6.07, 6.45) is 0.974. The van der Waals surface area contributed by atoms with Gasteiger partial charge in [0.15, 0.2) is 0 Å². The zero-order chi connectivity index (χ0) is 12.3. The number of anilines is 1. The molecule has 0 unspecified atom stereocenters. The molecule has 0 radical (unpaired) electrons. The minimum absolute atomic E-state index is 0.145. The lowest BCUT2D eigenvalue weighted by molar-refractivity contribution is -0.127. The van der Waals surface area contributed by atoms with Gasteiger partial charge in [-0.1, -0.05) is 0 Å². The van der Waals surface area contributed by atoms with E-state index >= 15 is 0 Å². The number of rotatable bonds is 1. The molecule has 1 fully saturated rings. The van der Waals surface area contributed by atoms with Crippen LogP contribution in [0.3, 0.4) is 0 Å². The standard InChI is InChI=1S/C13H15N3O/c1-15-7-2-8-16(10-13(15)17)12-5-3-11(9-14)4-6-12/h3-6H,2,7-8,10H2,1H3. The first-order valence-electron chi connectivity index (χ1n) is 5.70. The van der Waals surface area contributed by atoms with Gasteiger partial charge in [-0.25, -0.2) is 0 Å². The fourth-order valence-corrected chi connectivity index (χ4v) is 1.95. The predicted molar refractivity (Wildman–Crippen MR) is 65.6 cm³/mol. The van der Waals surface area contributed by atoms with Gasteiger partial charge in [-0.05, 0) is 30.7 Å². The van der Waals surface area contributed by atoms with E-state index in [4.69, 9.17) is 5.26 Å². The van der Waals surface area contributed by atoms with Gasteiger partial charge in [0, 0.05) is 25.8 Å². The highest BCUT2D eigenvalue weighted by Gasteiger charge is 2.18. The van der Waals surface area contributed by atoms with E-state index in [0.717, 1.165) is 25.2 Å². The maximum atomic E-state index is 11.8. The molecule has 1 heterocycles. The molecule has 1 aromatic carbocycles. The summed E-state index contributed by atoms with van der Waals surface area (Å²) in [6.45, 7) is 2.11. The maximum Gasteiger partial charge on any atom is 0.241 e. The molecule has 0 saturated carbocycles. The topological polar surface area (TPSA) is 47.3 Å². The first-order valence-corrected chi connectivity index (χ1v) is 5.70. The Kier molecular flexibility index (Phi) is 3.29. The number of amides is 1. The lowest BCUT2D eigenvalue weighted by Gasteiger charge is -2.21. The molecule has 17 heavy (non-hydrogen) atoms. The van der Waals surface area contributed by atoms with Crippen LogP contribution >= 0.6 is 0 Å². The Morgan fingerprint density at radius 3 is 2.59 bits per heavy atom. The minimum atomic E-state index is 0.145. The number of hydrogen-bond donors (Lipinski definition) is 0. The molecule has 1 aliphatic heterocycles. The van der Waals surface area contributed by atoms with E-state index in [1.807, 2.05) is 19.2 Å². The third-order valence-corrected chi connectivity index (χ3v) is 3.03. The van der Waals surface area contributed by atoms with Crippen molar-refractivity contribution in [1.82, 2.24) is 4.90 Å². The van der Waals surface area contributed by atoms with Crippen molar-refractivity contribution in [2.24, 2.45) is 0 Å². The fraction of sp³-hybridized carbons (Fsp3) is 0.385. The highest BCUT2D eigenvalue weighted by Crippen LogP contribution is 2.17. The second-order valence-corrected chi connectivity index (χ2v) is 4.25. The average molecular weight is 229 g/mol. The van der Waals surface area contributed by atoms with E-state index in [9.17, 15) is 4.79 Å². The largest absolute Gasteiger partial charge is 0.362 e. The summed E-state index contributed by atoms with van der Waals surface area (Å²) in [4.78, 5) is 15.6. The molecule has 0 aliphatic carbocycles. The molecule has 0 aromatic heterocycles.